The van der Waals surface area contributed by atoms with Gasteiger partial charge in [-0.3, -0.25) is 4.98 Å². The highest BCUT2D eigenvalue weighted by atomic mass is 35.5. The number of nitrogens with zero attached hydrogens (tertiary/aromatic N) is 2. The van der Waals surface area contributed by atoms with Gasteiger partial charge in [-0.2, -0.15) is 5.26 Å². The van der Waals surface area contributed by atoms with E-state index < -0.39 is 4.87 Å². The molecule has 0 saturated heterocycles. The average Bonchev–Trinajstić information content (AvgIpc) is 2.63. The minimum absolute atomic E-state index is 0.0222. The first-order valence-electron chi connectivity index (χ1n) is 9.41. The van der Waals surface area contributed by atoms with Crippen molar-refractivity contribution in [2.75, 3.05) is 0 Å². The summed E-state index contributed by atoms with van der Waals surface area (Å²) in [5, 5.41) is 10.4. The van der Waals surface area contributed by atoms with Gasteiger partial charge in [0.05, 0.1) is 16.5 Å². The number of nitriles is 1. The lowest BCUT2D eigenvalue weighted by Gasteiger charge is -2.30. The number of benzene rings is 1. The Labute approximate surface area is 157 Å². The van der Waals surface area contributed by atoms with Crippen molar-refractivity contribution in [1.82, 2.24) is 4.98 Å². The molecule has 0 aliphatic rings. The molecule has 0 spiro atoms. The molecule has 0 N–H and O–H groups in total. The molecule has 0 amide bonds. The van der Waals surface area contributed by atoms with E-state index in [2.05, 4.69) is 45.0 Å². The van der Waals surface area contributed by atoms with Gasteiger partial charge < -0.3 is 0 Å². The van der Waals surface area contributed by atoms with E-state index in [9.17, 15) is 5.26 Å². The van der Waals surface area contributed by atoms with E-state index in [1.807, 2.05) is 19.2 Å². The van der Waals surface area contributed by atoms with E-state index in [4.69, 9.17) is 16.6 Å². The molecule has 1 heterocycles. The number of halogens is 1. The van der Waals surface area contributed by atoms with Gasteiger partial charge in [-0.15, -0.1) is 11.6 Å². The summed E-state index contributed by atoms with van der Waals surface area (Å²) in [5.41, 5.74) is 3.47. The van der Waals surface area contributed by atoms with E-state index in [-0.39, 0.29) is 5.92 Å². The molecule has 25 heavy (non-hydrogen) atoms. The molecule has 2 rings (SSSR count). The van der Waals surface area contributed by atoms with Crippen LogP contribution < -0.4 is 0 Å². The minimum atomic E-state index is -0.402. The van der Waals surface area contributed by atoms with Gasteiger partial charge >= 0.3 is 0 Å². The van der Waals surface area contributed by atoms with Crippen molar-refractivity contribution >= 4 is 22.5 Å². The first-order chi connectivity index (χ1) is 11.9. The van der Waals surface area contributed by atoms with Gasteiger partial charge in [-0.25, -0.2) is 0 Å². The van der Waals surface area contributed by atoms with Gasteiger partial charge in [0.1, 0.15) is 0 Å². The number of fused-ring (bicyclic) bond motifs is 1. The summed E-state index contributed by atoms with van der Waals surface area (Å²) >= 11 is 7.02. The lowest BCUT2D eigenvalue weighted by atomic mass is 9.79. The molecular formula is C22H29ClN2. The van der Waals surface area contributed by atoms with Crippen LogP contribution in [0.25, 0.3) is 10.9 Å². The highest BCUT2D eigenvalue weighted by Gasteiger charge is 2.30. The van der Waals surface area contributed by atoms with Crippen molar-refractivity contribution in [2.45, 2.75) is 70.6 Å². The molecule has 3 unspecified atom stereocenters. The third kappa shape index (κ3) is 4.53. The number of alkyl halides is 1. The number of pyridine rings is 1. The second-order valence-corrected chi connectivity index (χ2v) is 8.11. The number of aromatic nitrogens is 1. The Bertz CT molecular complexity index is 745. The quantitative estimate of drug-likeness (QED) is 0.481. The van der Waals surface area contributed by atoms with E-state index in [1.165, 1.54) is 11.1 Å². The van der Waals surface area contributed by atoms with Gasteiger partial charge in [0.2, 0.25) is 0 Å². The lowest BCUT2D eigenvalue weighted by Crippen LogP contribution is -2.19. The topological polar surface area (TPSA) is 36.7 Å². The molecule has 1 aromatic heterocycles. The van der Waals surface area contributed by atoms with Crippen LogP contribution in [0.5, 0.6) is 0 Å². The van der Waals surface area contributed by atoms with Crippen LogP contribution in [0, 0.1) is 17.2 Å². The molecule has 0 aliphatic carbocycles. The summed E-state index contributed by atoms with van der Waals surface area (Å²) in [5.74, 6) is 0.317. The second-order valence-electron chi connectivity index (χ2n) is 7.27. The second kappa shape index (κ2) is 8.68. The molecule has 3 heteroatoms. The van der Waals surface area contributed by atoms with Crippen molar-refractivity contribution < 1.29 is 0 Å². The maximum atomic E-state index is 9.29. The Morgan fingerprint density at radius 2 is 2.04 bits per heavy atom. The summed E-state index contributed by atoms with van der Waals surface area (Å²) in [6.45, 7) is 8.51. The van der Waals surface area contributed by atoms with Crippen LogP contribution in [0.15, 0.2) is 30.5 Å². The molecule has 0 aliphatic heterocycles. The monoisotopic (exact) mass is 356 g/mol. The zero-order chi connectivity index (χ0) is 18.4. The van der Waals surface area contributed by atoms with E-state index in [1.54, 1.807) is 0 Å². The molecule has 0 bridgehead atoms. The van der Waals surface area contributed by atoms with Crippen LogP contribution in [-0.2, 0) is 4.87 Å². The van der Waals surface area contributed by atoms with Gasteiger partial charge in [0.25, 0.3) is 0 Å². The fraction of sp³-hybridized carbons (Fsp3) is 0.545. The third-order valence-corrected chi connectivity index (χ3v) is 5.53. The van der Waals surface area contributed by atoms with Crippen LogP contribution in [0.3, 0.4) is 0 Å². The van der Waals surface area contributed by atoms with Gasteiger partial charge in [0.15, 0.2) is 0 Å². The predicted molar refractivity (Wildman–Crippen MR) is 107 cm³/mol. The molecule has 0 fully saturated rings. The van der Waals surface area contributed by atoms with Crippen LogP contribution >= 0.6 is 11.6 Å². The maximum absolute atomic E-state index is 9.29. The third-order valence-electron chi connectivity index (χ3n) is 5.13. The van der Waals surface area contributed by atoms with Gasteiger partial charge in [-0.1, -0.05) is 44.9 Å². The fourth-order valence-electron chi connectivity index (χ4n) is 3.65. The SMILES string of the molecule is CCCCC(C)(Cl)c1ccc2cccnc2c1C(CC)CC(C)C#N. The predicted octanol–water partition coefficient (Wildman–Crippen LogP) is 6.92. The highest BCUT2D eigenvalue weighted by Crippen LogP contribution is 2.43. The first-order valence-corrected chi connectivity index (χ1v) is 9.79. The largest absolute Gasteiger partial charge is 0.256 e. The smallest absolute Gasteiger partial charge is 0.0740 e. The molecule has 0 saturated carbocycles. The van der Waals surface area contributed by atoms with Crippen molar-refractivity contribution in [3.8, 4) is 6.07 Å². The zero-order valence-electron chi connectivity index (χ0n) is 15.8. The number of hydrogen-bond donors (Lipinski definition) is 0. The Balaban J connectivity index is 2.63. The lowest BCUT2D eigenvalue weighted by molar-refractivity contribution is 0.512. The molecular weight excluding hydrogens is 328 g/mol. The molecule has 1 aromatic carbocycles. The zero-order valence-corrected chi connectivity index (χ0v) is 16.6. The van der Waals surface area contributed by atoms with Crippen LogP contribution in [0.1, 0.15) is 76.8 Å². The van der Waals surface area contributed by atoms with Crippen LogP contribution in [0.4, 0.5) is 0 Å². The summed E-state index contributed by atoms with van der Waals surface area (Å²) in [7, 11) is 0. The first kappa shape index (κ1) is 19.7. The molecule has 2 aromatic rings. The van der Waals surface area contributed by atoms with Crippen LogP contribution in [-0.4, -0.2) is 4.98 Å². The highest BCUT2D eigenvalue weighted by molar-refractivity contribution is 6.24. The summed E-state index contributed by atoms with van der Waals surface area (Å²) in [4.78, 5) is 4.29. The van der Waals surface area contributed by atoms with Crippen LogP contribution in [0.2, 0.25) is 0 Å². The van der Waals surface area contributed by atoms with Crippen molar-refractivity contribution in [1.29, 1.82) is 5.26 Å². The molecule has 3 atom stereocenters. The standard InChI is InChI=1S/C22H29ClN2/c1-5-7-12-22(4,23)19-11-10-18-9-8-13-25-21(18)20(19)17(6-2)14-16(3)15-24/h8-11,13,16-17H,5-7,12,14H2,1-4H3. The van der Waals surface area contributed by atoms with Gasteiger partial charge in [-0.05, 0) is 56.2 Å². The van der Waals surface area contributed by atoms with Crippen molar-refractivity contribution in [3.05, 3.63) is 41.6 Å². The number of unbranched alkanes of at least 4 members (excludes halogenated alkanes) is 1. The summed E-state index contributed by atoms with van der Waals surface area (Å²) < 4.78 is 0. The summed E-state index contributed by atoms with van der Waals surface area (Å²) in [6, 6.07) is 10.8. The Morgan fingerprint density at radius 1 is 1.28 bits per heavy atom. The Hall–Kier alpha value is -1.59. The average molecular weight is 357 g/mol. The fourth-order valence-corrected chi connectivity index (χ4v) is 3.95. The minimum Gasteiger partial charge on any atom is -0.256 e. The Morgan fingerprint density at radius 3 is 2.68 bits per heavy atom. The molecule has 0 radical (unpaired) electrons. The maximum Gasteiger partial charge on any atom is 0.0740 e. The van der Waals surface area contributed by atoms with Gasteiger partial charge in [0, 0.05) is 17.5 Å². The Kier molecular flexibility index (Phi) is 6.85. The summed E-state index contributed by atoms with van der Waals surface area (Å²) in [6.07, 6.45) is 6.86. The number of hydrogen-bond acceptors (Lipinski definition) is 2. The normalized spacial score (nSPS) is 16.2. The van der Waals surface area contributed by atoms with E-state index in [0.29, 0.717) is 5.92 Å². The van der Waals surface area contributed by atoms with Crippen molar-refractivity contribution in [3.63, 3.8) is 0 Å². The molecule has 134 valence electrons. The number of rotatable bonds is 8. The van der Waals surface area contributed by atoms with Crippen molar-refractivity contribution in [2.24, 2.45) is 5.92 Å². The molecule has 2 nitrogen and oxygen atoms in total. The van der Waals surface area contributed by atoms with E-state index in [0.717, 1.165) is 43.0 Å². The van der Waals surface area contributed by atoms with E-state index >= 15 is 0 Å².